The fraction of sp³-hybridized carbons (Fsp3) is 0.158. The van der Waals surface area contributed by atoms with E-state index in [0.717, 1.165) is 5.56 Å². The van der Waals surface area contributed by atoms with Gasteiger partial charge in [-0.1, -0.05) is 24.3 Å². The van der Waals surface area contributed by atoms with Gasteiger partial charge in [-0.3, -0.25) is 20.0 Å². The van der Waals surface area contributed by atoms with Gasteiger partial charge in [0.15, 0.2) is 0 Å². The number of nitro benzene ring substituents is 1. The van der Waals surface area contributed by atoms with Crippen LogP contribution in [0.5, 0.6) is 11.6 Å². The molecule has 3 aromatic rings. The van der Waals surface area contributed by atoms with E-state index in [1.807, 2.05) is 24.3 Å². The molecule has 8 nitrogen and oxygen atoms in total. The second-order valence-corrected chi connectivity index (χ2v) is 6.13. The molecule has 0 radical (unpaired) electrons. The molecule has 0 amide bonds. The molecule has 0 aliphatic carbocycles. The van der Waals surface area contributed by atoms with Gasteiger partial charge in [-0.15, -0.1) is 5.10 Å². The summed E-state index contributed by atoms with van der Waals surface area (Å²) in [7, 11) is 1.58. The molecule has 0 saturated carbocycles. The minimum Gasteiger partial charge on any atom is -0.497 e. The van der Waals surface area contributed by atoms with Crippen LogP contribution in [0.15, 0.2) is 48.5 Å². The Labute approximate surface area is 153 Å². The lowest BCUT2D eigenvalue weighted by atomic mass is 9.85. The summed E-state index contributed by atoms with van der Waals surface area (Å²) in [4.78, 5) is 22.7. The number of methoxy groups -OCH3 is 1. The van der Waals surface area contributed by atoms with Crippen LogP contribution in [0.2, 0.25) is 0 Å². The van der Waals surface area contributed by atoms with Crippen molar-refractivity contribution >= 4 is 11.7 Å². The van der Waals surface area contributed by atoms with Crippen molar-refractivity contribution in [1.29, 1.82) is 0 Å². The monoisotopic (exact) mass is 365 g/mol. The van der Waals surface area contributed by atoms with Crippen LogP contribution in [0.25, 0.3) is 11.3 Å². The van der Waals surface area contributed by atoms with Crippen LogP contribution < -0.4 is 9.47 Å². The molecule has 1 atom stereocenters. The highest BCUT2D eigenvalue weighted by Gasteiger charge is 2.34. The molecule has 0 saturated heterocycles. The van der Waals surface area contributed by atoms with Gasteiger partial charge in [0.2, 0.25) is 5.88 Å². The average molecular weight is 365 g/mol. The number of H-pyrrole nitrogens is 1. The molecule has 1 aliphatic heterocycles. The molecule has 4 rings (SSSR count). The van der Waals surface area contributed by atoms with Crippen LogP contribution in [0.4, 0.5) is 5.69 Å². The number of nitrogens with zero attached hydrogens (tertiary/aromatic N) is 2. The normalized spacial score (nSPS) is 15.7. The highest BCUT2D eigenvalue weighted by Crippen LogP contribution is 2.43. The van der Waals surface area contributed by atoms with Crippen molar-refractivity contribution in [1.82, 2.24) is 10.2 Å². The molecular formula is C19H15N3O5. The third-order valence-electron chi connectivity index (χ3n) is 4.56. The number of aromatic amines is 1. The Morgan fingerprint density at radius 1 is 1.26 bits per heavy atom. The summed E-state index contributed by atoms with van der Waals surface area (Å²) in [6.07, 6.45) is 0.154. The van der Waals surface area contributed by atoms with Crippen molar-refractivity contribution in [2.24, 2.45) is 0 Å². The van der Waals surface area contributed by atoms with Crippen LogP contribution >= 0.6 is 0 Å². The van der Waals surface area contributed by atoms with Gasteiger partial charge in [-0.2, -0.15) is 0 Å². The summed E-state index contributed by atoms with van der Waals surface area (Å²) in [6, 6.07) is 13.7. The smallest absolute Gasteiger partial charge is 0.313 e. The number of nitrogens with one attached hydrogen (secondary N) is 1. The van der Waals surface area contributed by atoms with Crippen LogP contribution in [-0.2, 0) is 4.79 Å². The zero-order valence-electron chi connectivity index (χ0n) is 14.3. The number of hydrogen-bond acceptors (Lipinski definition) is 6. The molecular weight excluding hydrogens is 350 g/mol. The number of rotatable bonds is 4. The average Bonchev–Trinajstić information content (AvgIpc) is 3.11. The lowest BCUT2D eigenvalue weighted by Crippen LogP contribution is -2.20. The molecule has 1 aliphatic rings. The number of benzene rings is 2. The number of non-ortho nitro benzene ring substituents is 1. The van der Waals surface area contributed by atoms with Gasteiger partial charge in [0.1, 0.15) is 5.75 Å². The quantitative estimate of drug-likeness (QED) is 0.431. The summed E-state index contributed by atoms with van der Waals surface area (Å²) in [5, 5.41) is 18.1. The van der Waals surface area contributed by atoms with E-state index in [2.05, 4.69) is 10.2 Å². The molecule has 27 heavy (non-hydrogen) atoms. The third-order valence-corrected chi connectivity index (χ3v) is 4.56. The standard InChI is InChI=1S/C19H15N3O5/c1-26-14-7-5-11(6-8-14)15-10-16(23)27-19-17(15)18(20-21-19)12-3-2-4-13(9-12)22(24)25/h2-9,15H,10H2,1H3,(H,20,21)/t15-/m1/s1. The molecule has 1 N–H and O–H groups in total. The number of nitro groups is 1. The number of carbonyl (C=O) groups is 1. The van der Waals surface area contributed by atoms with E-state index in [4.69, 9.17) is 9.47 Å². The van der Waals surface area contributed by atoms with Crippen molar-refractivity contribution in [2.75, 3.05) is 7.11 Å². The Morgan fingerprint density at radius 2 is 2.04 bits per heavy atom. The van der Waals surface area contributed by atoms with Gasteiger partial charge in [0.25, 0.3) is 5.69 Å². The first kappa shape index (κ1) is 16.8. The van der Waals surface area contributed by atoms with E-state index in [1.54, 1.807) is 19.2 Å². The summed E-state index contributed by atoms with van der Waals surface area (Å²) < 4.78 is 10.5. The van der Waals surface area contributed by atoms with Crippen LogP contribution in [0.1, 0.15) is 23.5 Å². The highest BCUT2D eigenvalue weighted by atomic mass is 16.6. The molecule has 0 unspecified atom stereocenters. The fourth-order valence-corrected chi connectivity index (χ4v) is 3.27. The van der Waals surface area contributed by atoms with E-state index >= 15 is 0 Å². The van der Waals surface area contributed by atoms with Gasteiger partial charge in [-0.05, 0) is 17.7 Å². The van der Waals surface area contributed by atoms with Crippen LogP contribution in [0, 0.1) is 10.1 Å². The maximum atomic E-state index is 12.0. The van der Waals surface area contributed by atoms with Gasteiger partial charge < -0.3 is 9.47 Å². The number of hydrogen-bond donors (Lipinski definition) is 1. The minimum atomic E-state index is -0.451. The summed E-state index contributed by atoms with van der Waals surface area (Å²) in [5.74, 6) is 0.262. The topological polar surface area (TPSA) is 107 Å². The van der Waals surface area contributed by atoms with Gasteiger partial charge in [0.05, 0.1) is 29.7 Å². The Balaban J connectivity index is 1.83. The van der Waals surface area contributed by atoms with Crippen molar-refractivity contribution < 1.29 is 19.2 Å². The van der Waals surface area contributed by atoms with Crippen molar-refractivity contribution in [2.45, 2.75) is 12.3 Å². The van der Waals surface area contributed by atoms with Crippen molar-refractivity contribution in [3.63, 3.8) is 0 Å². The summed E-state index contributed by atoms with van der Waals surface area (Å²) >= 11 is 0. The van der Waals surface area contributed by atoms with Crippen molar-refractivity contribution in [3.05, 3.63) is 69.8 Å². The second kappa shape index (κ2) is 6.56. The van der Waals surface area contributed by atoms with E-state index in [0.29, 0.717) is 22.6 Å². The Hall–Kier alpha value is -3.68. The molecule has 8 heteroatoms. The van der Waals surface area contributed by atoms with E-state index in [9.17, 15) is 14.9 Å². The largest absolute Gasteiger partial charge is 0.497 e. The maximum Gasteiger partial charge on any atom is 0.313 e. The first-order valence-corrected chi connectivity index (χ1v) is 8.24. The number of ether oxygens (including phenoxy) is 2. The second-order valence-electron chi connectivity index (χ2n) is 6.13. The zero-order chi connectivity index (χ0) is 19.0. The lowest BCUT2D eigenvalue weighted by molar-refractivity contribution is -0.384. The first-order valence-electron chi connectivity index (χ1n) is 8.24. The predicted octanol–water partition coefficient (Wildman–Crippen LogP) is 3.43. The molecule has 2 heterocycles. The number of aromatic nitrogens is 2. The molecule has 0 fully saturated rings. The van der Waals surface area contributed by atoms with E-state index in [-0.39, 0.29) is 29.9 Å². The van der Waals surface area contributed by atoms with Crippen molar-refractivity contribution in [3.8, 4) is 22.9 Å². The molecule has 2 aromatic carbocycles. The van der Waals surface area contributed by atoms with Gasteiger partial charge >= 0.3 is 5.97 Å². The molecule has 1 aromatic heterocycles. The number of fused-ring (bicyclic) bond motifs is 1. The minimum absolute atomic E-state index is 0.0235. The van der Waals surface area contributed by atoms with Crippen LogP contribution in [-0.4, -0.2) is 28.2 Å². The summed E-state index contributed by atoms with van der Waals surface area (Å²) in [5.41, 5.74) is 2.79. The molecule has 0 bridgehead atoms. The summed E-state index contributed by atoms with van der Waals surface area (Å²) in [6.45, 7) is 0. The van der Waals surface area contributed by atoms with Gasteiger partial charge in [-0.25, -0.2) is 0 Å². The fourth-order valence-electron chi connectivity index (χ4n) is 3.27. The SMILES string of the molecule is COc1ccc([C@H]2CC(=O)Oc3n[nH]c(-c4cccc([N+](=O)[O-])c4)c32)cc1. The number of carbonyl (C=O) groups excluding carboxylic acids is 1. The van der Waals surface area contributed by atoms with Crippen LogP contribution in [0.3, 0.4) is 0 Å². The zero-order valence-corrected chi connectivity index (χ0v) is 14.3. The van der Waals surface area contributed by atoms with E-state index < -0.39 is 4.92 Å². The Bertz CT molecular complexity index is 1030. The first-order chi connectivity index (χ1) is 13.1. The lowest BCUT2D eigenvalue weighted by Gasteiger charge is -2.22. The highest BCUT2D eigenvalue weighted by molar-refractivity contribution is 5.80. The Morgan fingerprint density at radius 3 is 2.74 bits per heavy atom. The number of esters is 1. The van der Waals surface area contributed by atoms with Gasteiger partial charge in [0, 0.05) is 23.6 Å². The predicted molar refractivity (Wildman–Crippen MR) is 95.8 cm³/mol. The maximum absolute atomic E-state index is 12.0. The molecule has 0 spiro atoms. The Kier molecular flexibility index (Phi) is 4.08. The third kappa shape index (κ3) is 3.01. The molecule has 136 valence electrons. The van der Waals surface area contributed by atoms with E-state index in [1.165, 1.54) is 12.1 Å².